The van der Waals surface area contributed by atoms with Crippen LogP contribution in [0.1, 0.15) is 0 Å². The maximum Gasteiger partial charge on any atom is 0.404 e. The topological polar surface area (TPSA) is 87.3 Å². The molecule has 0 saturated carbocycles. The second kappa shape index (κ2) is 4.91. The largest absolute Gasteiger partial charge is 0.460 e. The molecule has 0 saturated heterocycles. The fourth-order valence-corrected chi connectivity index (χ4v) is 0.635. The summed E-state index contributed by atoms with van der Waals surface area (Å²) in [4.78, 5) is 17.7. The molecule has 1 amide bonds. The van der Waals surface area contributed by atoms with Crippen molar-refractivity contribution in [2.24, 2.45) is 5.73 Å². The first kappa shape index (κ1) is 9.24. The lowest BCUT2D eigenvalue weighted by molar-refractivity contribution is 0.130. The summed E-state index contributed by atoms with van der Waals surface area (Å²) < 4.78 is 9.42. The third-order valence-electron chi connectivity index (χ3n) is 1.10. The van der Waals surface area contributed by atoms with E-state index in [1.807, 2.05) is 0 Å². The number of nitrogens with two attached hydrogens (primary N) is 1. The Labute approximate surface area is 74.7 Å². The lowest BCUT2D eigenvalue weighted by atomic mass is 10.7. The molecule has 6 heteroatoms. The third-order valence-corrected chi connectivity index (χ3v) is 1.10. The van der Waals surface area contributed by atoms with Crippen LogP contribution < -0.4 is 10.5 Å². The van der Waals surface area contributed by atoms with E-state index in [1.165, 1.54) is 0 Å². The van der Waals surface area contributed by atoms with Crippen LogP contribution in [0.2, 0.25) is 0 Å². The number of nitrogens with zero attached hydrogens (tertiary/aromatic N) is 2. The third kappa shape index (κ3) is 3.90. The summed E-state index contributed by atoms with van der Waals surface area (Å²) >= 11 is 0. The van der Waals surface area contributed by atoms with E-state index in [-0.39, 0.29) is 19.2 Å². The fraction of sp³-hybridized carbons (Fsp3) is 0.286. The highest BCUT2D eigenvalue weighted by molar-refractivity contribution is 5.64. The molecule has 0 aromatic carbocycles. The number of amides is 1. The Morgan fingerprint density at radius 2 is 2.08 bits per heavy atom. The van der Waals surface area contributed by atoms with Crippen LogP contribution in [0.25, 0.3) is 0 Å². The molecule has 0 spiro atoms. The zero-order chi connectivity index (χ0) is 9.52. The molecule has 0 radical (unpaired) electrons. The van der Waals surface area contributed by atoms with E-state index >= 15 is 0 Å². The van der Waals surface area contributed by atoms with Crippen molar-refractivity contribution >= 4 is 6.09 Å². The zero-order valence-corrected chi connectivity index (χ0v) is 6.84. The number of rotatable bonds is 4. The SMILES string of the molecule is NC(=O)OCCOc1ncccn1. The van der Waals surface area contributed by atoms with Gasteiger partial charge in [0.15, 0.2) is 0 Å². The van der Waals surface area contributed by atoms with E-state index in [1.54, 1.807) is 18.5 Å². The van der Waals surface area contributed by atoms with Crippen LogP contribution in [0.4, 0.5) is 4.79 Å². The van der Waals surface area contributed by atoms with Crippen molar-refractivity contribution in [2.75, 3.05) is 13.2 Å². The van der Waals surface area contributed by atoms with Gasteiger partial charge in [0.25, 0.3) is 0 Å². The average Bonchev–Trinajstić information content (AvgIpc) is 2.14. The summed E-state index contributed by atoms with van der Waals surface area (Å²) in [5.41, 5.74) is 4.72. The monoisotopic (exact) mass is 183 g/mol. The normalized spacial score (nSPS) is 9.23. The molecule has 0 unspecified atom stereocenters. The molecule has 1 aromatic rings. The quantitative estimate of drug-likeness (QED) is 0.661. The summed E-state index contributed by atoms with van der Waals surface area (Å²) in [6.45, 7) is 0.278. The Morgan fingerprint density at radius 3 is 2.69 bits per heavy atom. The summed E-state index contributed by atoms with van der Waals surface area (Å²) in [7, 11) is 0. The van der Waals surface area contributed by atoms with Crippen molar-refractivity contribution in [3.05, 3.63) is 18.5 Å². The molecule has 0 aliphatic rings. The Kier molecular flexibility index (Phi) is 3.49. The van der Waals surface area contributed by atoms with Crippen LogP contribution in [-0.2, 0) is 4.74 Å². The lowest BCUT2D eigenvalue weighted by Gasteiger charge is -2.02. The van der Waals surface area contributed by atoms with Crippen molar-refractivity contribution in [1.29, 1.82) is 0 Å². The van der Waals surface area contributed by atoms with Gasteiger partial charge in [-0.2, -0.15) is 0 Å². The number of primary amides is 1. The molecule has 1 rings (SSSR count). The molecular formula is C7H9N3O3. The van der Waals surface area contributed by atoms with Crippen LogP contribution in [0.5, 0.6) is 6.01 Å². The van der Waals surface area contributed by atoms with Gasteiger partial charge in [0.05, 0.1) is 0 Å². The smallest absolute Gasteiger partial charge is 0.404 e. The minimum absolute atomic E-state index is 0.0909. The van der Waals surface area contributed by atoms with Crippen LogP contribution in [0.3, 0.4) is 0 Å². The van der Waals surface area contributed by atoms with E-state index in [9.17, 15) is 4.79 Å². The van der Waals surface area contributed by atoms with E-state index in [0.29, 0.717) is 0 Å². The lowest BCUT2D eigenvalue weighted by Crippen LogP contribution is -2.17. The molecular weight excluding hydrogens is 174 g/mol. The second-order valence-electron chi connectivity index (χ2n) is 2.05. The van der Waals surface area contributed by atoms with Gasteiger partial charge >= 0.3 is 12.1 Å². The first-order valence-corrected chi connectivity index (χ1v) is 3.61. The fourth-order valence-electron chi connectivity index (χ4n) is 0.635. The van der Waals surface area contributed by atoms with Gasteiger partial charge in [-0.05, 0) is 6.07 Å². The summed E-state index contributed by atoms with van der Waals surface area (Å²) in [5.74, 6) is 0. The van der Waals surface area contributed by atoms with Crippen molar-refractivity contribution in [3.8, 4) is 6.01 Å². The summed E-state index contributed by atoms with van der Waals surface area (Å²) in [6, 6.07) is 1.92. The Balaban J connectivity index is 2.17. The highest BCUT2D eigenvalue weighted by Gasteiger charge is 1.96. The van der Waals surface area contributed by atoms with Gasteiger partial charge in [-0.15, -0.1) is 0 Å². The molecule has 0 fully saturated rings. The van der Waals surface area contributed by atoms with Gasteiger partial charge in [-0.3, -0.25) is 0 Å². The van der Waals surface area contributed by atoms with Crippen molar-refractivity contribution in [1.82, 2.24) is 9.97 Å². The molecule has 1 heterocycles. The summed E-state index contributed by atoms with van der Waals surface area (Å²) in [5, 5.41) is 0. The van der Waals surface area contributed by atoms with Crippen molar-refractivity contribution in [2.45, 2.75) is 0 Å². The predicted molar refractivity (Wildman–Crippen MR) is 43.1 cm³/mol. The average molecular weight is 183 g/mol. The zero-order valence-electron chi connectivity index (χ0n) is 6.84. The van der Waals surface area contributed by atoms with Crippen LogP contribution >= 0.6 is 0 Å². The molecule has 6 nitrogen and oxygen atoms in total. The van der Waals surface area contributed by atoms with E-state index in [4.69, 9.17) is 10.5 Å². The number of ether oxygens (including phenoxy) is 2. The van der Waals surface area contributed by atoms with Gasteiger partial charge in [0.1, 0.15) is 13.2 Å². The Bertz CT molecular complexity index is 265. The van der Waals surface area contributed by atoms with Crippen molar-refractivity contribution < 1.29 is 14.3 Å². The number of aromatic nitrogens is 2. The first-order chi connectivity index (χ1) is 6.29. The maximum atomic E-state index is 10.1. The number of hydrogen-bond acceptors (Lipinski definition) is 5. The van der Waals surface area contributed by atoms with E-state index < -0.39 is 6.09 Å². The number of carbonyl (C=O) groups excluding carboxylic acids is 1. The van der Waals surface area contributed by atoms with Crippen LogP contribution in [0.15, 0.2) is 18.5 Å². The van der Waals surface area contributed by atoms with Gasteiger partial charge in [-0.25, -0.2) is 14.8 Å². The van der Waals surface area contributed by atoms with Gasteiger partial charge in [0, 0.05) is 12.4 Å². The maximum absolute atomic E-state index is 10.1. The standard InChI is InChI=1S/C7H9N3O3/c8-6(11)12-4-5-13-7-9-2-1-3-10-7/h1-3H,4-5H2,(H2,8,11). The molecule has 0 aliphatic carbocycles. The first-order valence-electron chi connectivity index (χ1n) is 3.61. The molecule has 1 aromatic heterocycles. The highest BCUT2D eigenvalue weighted by atomic mass is 16.6. The van der Waals surface area contributed by atoms with Crippen molar-refractivity contribution in [3.63, 3.8) is 0 Å². The highest BCUT2D eigenvalue weighted by Crippen LogP contribution is 1.96. The van der Waals surface area contributed by atoms with E-state index in [2.05, 4.69) is 14.7 Å². The van der Waals surface area contributed by atoms with Gasteiger partial charge < -0.3 is 15.2 Å². The minimum Gasteiger partial charge on any atom is -0.460 e. The van der Waals surface area contributed by atoms with Gasteiger partial charge in [-0.1, -0.05) is 0 Å². The minimum atomic E-state index is -0.822. The molecule has 13 heavy (non-hydrogen) atoms. The molecule has 0 bridgehead atoms. The predicted octanol–water partition coefficient (Wildman–Crippen LogP) is -0.0493. The number of carbonyl (C=O) groups is 1. The van der Waals surface area contributed by atoms with E-state index in [0.717, 1.165) is 0 Å². The molecule has 2 N–H and O–H groups in total. The second-order valence-corrected chi connectivity index (χ2v) is 2.05. The molecule has 70 valence electrons. The van der Waals surface area contributed by atoms with Crippen LogP contribution in [-0.4, -0.2) is 29.3 Å². The van der Waals surface area contributed by atoms with Crippen LogP contribution in [0, 0.1) is 0 Å². The Hall–Kier alpha value is -1.85. The van der Waals surface area contributed by atoms with Gasteiger partial charge in [0.2, 0.25) is 0 Å². The Morgan fingerprint density at radius 1 is 1.38 bits per heavy atom. The number of hydrogen-bond donors (Lipinski definition) is 1. The molecule has 0 aliphatic heterocycles. The summed E-state index contributed by atoms with van der Waals surface area (Å²) in [6.07, 6.45) is 2.28. The molecule has 0 atom stereocenters.